The van der Waals surface area contributed by atoms with E-state index in [0.717, 1.165) is 6.34 Å². The number of nitrogens with one attached hydrogen (secondary N) is 1. The third kappa shape index (κ3) is 13900. The quantitative estimate of drug-likeness (QED) is 0.141. The molecule has 0 unspecified atom stereocenters. The Morgan fingerprint density at radius 2 is 0.929 bits per heavy atom. The van der Waals surface area contributed by atoms with E-state index in [1.807, 2.05) is 0 Å². The number of hydrogen-bond donors (Lipinski definition) is 8. The van der Waals surface area contributed by atoms with Gasteiger partial charge in [-0.2, -0.15) is 0 Å². The van der Waals surface area contributed by atoms with Crippen LogP contribution in [-0.2, 0) is 9.13 Å². The highest BCUT2D eigenvalue weighted by Crippen LogP contribution is 2.26. The number of phosphoric acid groups is 2. The van der Waals surface area contributed by atoms with Crippen LogP contribution in [0.1, 0.15) is 7.43 Å². The van der Waals surface area contributed by atoms with Crippen molar-refractivity contribution in [2.75, 3.05) is 0 Å². The van der Waals surface area contributed by atoms with E-state index in [0.29, 0.717) is 0 Å². The minimum Gasteiger partial charge on any atom is -0.390 e. The molecule has 0 aliphatic heterocycles. The van der Waals surface area contributed by atoms with Crippen molar-refractivity contribution in [3.8, 4) is 0 Å². The van der Waals surface area contributed by atoms with Crippen molar-refractivity contribution in [3.63, 3.8) is 0 Å². The van der Waals surface area contributed by atoms with E-state index in [4.69, 9.17) is 43.9 Å². The van der Waals surface area contributed by atoms with Crippen molar-refractivity contribution in [1.29, 1.82) is 5.41 Å². The van der Waals surface area contributed by atoms with E-state index in [1.165, 1.54) is 0 Å². The van der Waals surface area contributed by atoms with E-state index < -0.39 is 15.6 Å². The molecule has 0 aliphatic rings. The van der Waals surface area contributed by atoms with Crippen LogP contribution in [0, 0.1) is 5.41 Å². The first kappa shape index (κ1) is 23.5. The maximum absolute atomic E-state index is 8.88. The van der Waals surface area contributed by atoms with Gasteiger partial charge >= 0.3 is 15.6 Å². The Morgan fingerprint density at radius 1 is 0.929 bits per heavy atom. The van der Waals surface area contributed by atoms with Gasteiger partial charge in [0.2, 0.25) is 0 Å². The fourth-order valence-corrected chi connectivity index (χ4v) is 0. The third-order valence-electron chi connectivity index (χ3n) is 0. The average Bonchev–Trinajstić information content (AvgIpc) is 1.52. The lowest BCUT2D eigenvalue weighted by Crippen LogP contribution is -1.81. The molecular weight excluding hydrogens is 242 g/mol. The van der Waals surface area contributed by atoms with Crippen molar-refractivity contribution in [2.45, 2.75) is 7.43 Å². The van der Waals surface area contributed by atoms with Gasteiger partial charge in [0.25, 0.3) is 0 Å². The Morgan fingerprint density at radius 3 is 0.929 bits per heavy atom. The molecule has 0 saturated carbocycles. The normalized spacial score (nSPS) is 9.29. The van der Waals surface area contributed by atoms with E-state index in [9.17, 15) is 0 Å². The SMILES string of the molecule is C.N=CN.O=P(O)(O)O.O=P(O)(O)O. The second-order valence-corrected chi connectivity index (χ2v) is 3.25. The smallest absolute Gasteiger partial charge is 0.390 e. The van der Waals surface area contributed by atoms with Crippen LogP contribution in [0.2, 0.25) is 0 Å². The lowest BCUT2D eigenvalue weighted by molar-refractivity contribution is 0.272. The molecule has 0 amide bonds. The Hall–Kier alpha value is -0.310. The summed E-state index contributed by atoms with van der Waals surface area (Å²) in [5, 5.41) is 5.86. The van der Waals surface area contributed by atoms with E-state index in [-0.39, 0.29) is 7.43 Å². The Kier molecular flexibility index (Phi) is 18.1. The average molecular weight is 256 g/mol. The highest BCUT2D eigenvalue weighted by molar-refractivity contribution is 7.45. The van der Waals surface area contributed by atoms with Crippen LogP contribution >= 0.6 is 15.6 Å². The van der Waals surface area contributed by atoms with Gasteiger partial charge in [-0.25, -0.2) is 9.13 Å². The van der Waals surface area contributed by atoms with Gasteiger partial charge in [0.1, 0.15) is 0 Å². The Balaban J connectivity index is -0.0000000535. The van der Waals surface area contributed by atoms with E-state index in [1.54, 1.807) is 0 Å². The second kappa shape index (κ2) is 10.8. The maximum atomic E-state index is 8.88. The summed E-state index contributed by atoms with van der Waals surface area (Å²) in [5.74, 6) is 0. The van der Waals surface area contributed by atoms with Crippen LogP contribution in [0.5, 0.6) is 0 Å². The summed E-state index contributed by atoms with van der Waals surface area (Å²) < 4.78 is 17.8. The topological polar surface area (TPSA) is 205 Å². The summed E-state index contributed by atoms with van der Waals surface area (Å²) >= 11 is 0. The number of rotatable bonds is 0. The largest absolute Gasteiger partial charge is 0.466 e. The van der Waals surface area contributed by atoms with Crippen LogP contribution in [0.3, 0.4) is 0 Å². The zero-order chi connectivity index (χ0) is 11.7. The standard InChI is InChI=1S/CH4N2.CH4.2H3O4P/c2-1-3;;2*1-5(2,3)4/h1H,(H3,2,3);1H4;2*(H3,1,2,3,4). The molecule has 0 rings (SSSR count). The molecule has 0 aliphatic carbocycles. The summed E-state index contributed by atoms with van der Waals surface area (Å²) in [6, 6.07) is 0. The number of hydrogen-bond acceptors (Lipinski definition) is 3. The number of nitrogens with two attached hydrogens (primary N) is 1. The van der Waals surface area contributed by atoms with Crippen LogP contribution < -0.4 is 5.73 Å². The van der Waals surface area contributed by atoms with Gasteiger partial charge in [0.05, 0.1) is 6.34 Å². The van der Waals surface area contributed by atoms with Crippen molar-refractivity contribution in [1.82, 2.24) is 0 Å². The molecule has 14 heavy (non-hydrogen) atoms. The summed E-state index contributed by atoms with van der Waals surface area (Å²) in [6.07, 6.45) is 0.750. The molecule has 0 aromatic carbocycles. The Bertz CT molecular complexity index is 169. The second-order valence-electron chi connectivity index (χ2n) is 1.19. The molecule has 0 saturated heterocycles. The molecule has 10 nitrogen and oxygen atoms in total. The van der Waals surface area contributed by atoms with Gasteiger partial charge in [-0.1, -0.05) is 7.43 Å². The summed E-state index contributed by atoms with van der Waals surface area (Å²) in [6.45, 7) is 0. The van der Waals surface area contributed by atoms with Crippen LogP contribution in [-0.4, -0.2) is 35.7 Å². The fourth-order valence-electron chi connectivity index (χ4n) is 0. The van der Waals surface area contributed by atoms with Gasteiger partial charge < -0.3 is 35.1 Å². The first-order valence-corrected chi connectivity index (χ1v) is 5.32. The molecule has 9 N–H and O–H groups in total. The zero-order valence-corrected chi connectivity index (χ0v) is 7.84. The van der Waals surface area contributed by atoms with Gasteiger partial charge in [-0.15, -0.1) is 0 Å². The van der Waals surface area contributed by atoms with Gasteiger partial charge in [0, 0.05) is 0 Å². The van der Waals surface area contributed by atoms with Gasteiger partial charge in [-0.3, -0.25) is 5.41 Å². The lowest BCUT2D eigenvalue weighted by atomic mass is 11.4. The molecule has 0 aromatic rings. The first-order valence-electron chi connectivity index (χ1n) is 2.19. The monoisotopic (exact) mass is 256 g/mol. The fraction of sp³-hybridized carbons (Fsp3) is 0.500. The Labute approximate surface area is 80.0 Å². The minimum absolute atomic E-state index is 0. The molecule has 0 radical (unpaired) electrons. The van der Waals surface area contributed by atoms with Crippen molar-refractivity contribution < 1.29 is 38.5 Å². The molecule has 0 fully saturated rings. The molecule has 0 atom stereocenters. The predicted octanol–water partition coefficient (Wildman–Crippen LogP) is -1.67. The zero-order valence-electron chi connectivity index (χ0n) is 6.05. The first-order chi connectivity index (χ1) is 5.41. The highest BCUT2D eigenvalue weighted by Gasteiger charge is 2.00. The summed E-state index contributed by atoms with van der Waals surface area (Å²) in [5.41, 5.74) is 4.39. The van der Waals surface area contributed by atoms with E-state index >= 15 is 0 Å². The lowest BCUT2D eigenvalue weighted by Gasteiger charge is -1.82. The third-order valence-corrected chi connectivity index (χ3v) is 0. The molecule has 0 bridgehead atoms. The summed E-state index contributed by atoms with van der Waals surface area (Å²) in [4.78, 5) is 43.1. The van der Waals surface area contributed by atoms with Crippen LogP contribution in [0.4, 0.5) is 0 Å². The molecule has 90 valence electrons. The molecule has 0 aromatic heterocycles. The summed E-state index contributed by atoms with van der Waals surface area (Å²) in [7, 11) is -9.28. The van der Waals surface area contributed by atoms with E-state index in [2.05, 4.69) is 5.73 Å². The van der Waals surface area contributed by atoms with Crippen molar-refractivity contribution >= 4 is 22.0 Å². The van der Waals surface area contributed by atoms with Crippen molar-refractivity contribution in [2.24, 2.45) is 5.73 Å². The predicted molar refractivity (Wildman–Crippen MR) is 48.2 cm³/mol. The van der Waals surface area contributed by atoms with Gasteiger partial charge in [0.15, 0.2) is 0 Å². The van der Waals surface area contributed by atoms with Crippen LogP contribution in [0.15, 0.2) is 0 Å². The highest BCUT2D eigenvalue weighted by atomic mass is 31.2. The molecule has 12 heteroatoms. The van der Waals surface area contributed by atoms with Gasteiger partial charge in [-0.05, 0) is 0 Å². The maximum Gasteiger partial charge on any atom is 0.466 e. The molecular formula is C2H14N2O8P2. The molecule has 0 heterocycles. The molecule has 0 spiro atoms. The van der Waals surface area contributed by atoms with Crippen LogP contribution in [0.25, 0.3) is 0 Å². The minimum atomic E-state index is -4.64. The van der Waals surface area contributed by atoms with Crippen molar-refractivity contribution in [3.05, 3.63) is 0 Å².